The van der Waals surface area contributed by atoms with Crippen LogP contribution in [0.2, 0.25) is 0 Å². The van der Waals surface area contributed by atoms with Crippen LogP contribution in [-0.2, 0) is 14.3 Å². The molecule has 1 saturated carbocycles. The van der Waals surface area contributed by atoms with E-state index in [4.69, 9.17) is 4.74 Å². The number of aliphatic carboxylic acids is 1. The molecule has 0 aromatic heterocycles. The van der Waals surface area contributed by atoms with Gasteiger partial charge in [0.25, 0.3) is 0 Å². The Hall–Kier alpha value is -0.680. The Labute approximate surface area is 162 Å². The maximum Gasteiger partial charge on any atom is 0.389 e. The van der Waals surface area contributed by atoms with Crippen LogP contribution in [0.4, 0.5) is 22.0 Å². The maximum atomic E-state index is 13.1. The van der Waals surface area contributed by atoms with Crippen molar-refractivity contribution in [3.8, 4) is 0 Å². The predicted molar refractivity (Wildman–Crippen MR) is 91.3 cm³/mol. The number of carbonyl (C=O) groups is 2. The number of esters is 1. The van der Waals surface area contributed by atoms with Gasteiger partial charge in [-0.05, 0) is 39.5 Å². The van der Waals surface area contributed by atoms with E-state index in [1.54, 1.807) is 0 Å². The zero-order chi connectivity index (χ0) is 20.6. The van der Waals surface area contributed by atoms with E-state index >= 15 is 0 Å². The van der Waals surface area contributed by atoms with Crippen LogP contribution in [0.25, 0.3) is 0 Å². The zero-order valence-corrected chi connectivity index (χ0v) is 16.8. The molecule has 0 radical (unpaired) electrons. The van der Waals surface area contributed by atoms with Crippen LogP contribution in [-0.4, -0.2) is 38.2 Å². The van der Waals surface area contributed by atoms with Crippen molar-refractivity contribution in [2.45, 2.75) is 74.0 Å². The molecule has 0 aromatic rings. The number of carboxylic acids is 1. The van der Waals surface area contributed by atoms with Gasteiger partial charge in [0.2, 0.25) is 5.92 Å². The fourth-order valence-electron chi connectivity index (χ4n) is 2.94. The number of hydrogen-bond acceptors (Lipinski definition) is 3. The average molecular weight is 500 g/mol. The second-order valence-electron chi connectivity index (χ2n) is 7.74. The molecule has 0 heterocycles. The van der Waals surface area contributed by atoms with Gasteiger partial charge in [0.05, 0.1) is 5.92 Å². The number of hydrogen-bond donors (Lipinski definition) is 1. The van der Waals surface area contributed by atoms with E-state index in [1.807, 2.05) is 0 Å². The predicted octanol–water partition coefficient (Wildman–Crippen LogP) is 4.98. The van der Waals surface area contributed by atoms with E-state index in [0.29, 0.717) is 0 Å². The van der Waals surface area contributed by atoms with Crippen LogP contribution in [0.5, 0.6) is 0 Å². The quantitative estimate of drug-likeness (QED) is 0.232. The zero-order valence-electron chi connectivity index (χ0n) is 14.6. The molecule has 0 spiro atoms. The van der Waals surface area contributed by atoms with Gasteiger partial charge in [-0.1, -0.05) is 22.6 Å². The molecule has 10 heteroatoms. The standard InChI is InChI=1S/C16H22F5IO4/c1-13(2,3)26-12(25)15(22,8-9-6-14(17,18)7-9)10(11(23)24)4-5-16(19,20)21/h9-10H,4-8H2,1-3H3,(H,23,24). The molecule has 1 N–H and O–H groups in total. The monoisotopic (exact) mass is 500 g/mol. The number of ether oxygens (including phenoxy) is 1. The molecule has 1 fully saturated rings. The van der Waals surface area contributed by atoms with Crippen LogP contribution in [0, 0.1) is 11.8 Å². The molecule has 0 saturated heterocycles. The van der Waals surface area contributed by atoms with E-state index in [-0.39, 0.29) is 6.42 Å². The van der Waals surface area contributed by atoms with Crippen LogP contribution in [0.1, 0.15) is 52.9 Å². The molecule has 0 amide bonds. The van der Waals surface area contributed by atoms with Gasteiger partial charge in [0, 0.05) is 19.3 Å². The summed E-state index contributed by atoms with van der Waals surface area (Å²) in [6.07, 6.45) is -8.13. The SMILES string of the molecule is CC(C)(C)OC(=O)C(I)(CC1CC(F)(F)C1)C(CCC(F)(F)F)C(=O)O. The molecular weight excluding hydrogens is 478 g/mol. The Morgan fingerprint density at radius 1 is 1.23 bits per heavy atom. The van der Waals surface area contributed by atoms with Gasteiger partial charge in [0.15, 0.2) is 0 Å². The average Bonchev–Trinajstić information content (AvgIpc) is 2.32. The molecule has 0 aromatic carbocycles. The molecule has 152 valence electrons. The minimum atomic E-state index is -4.59. The summed E-state index contributed by atoms with van der Waals surface area (Å²) in [5.41, 5.74) is -0.996. The van der Waals surface area contributed by atoms with E-state index < -0.39 is 70.6 Å². The van der Waals surface area contributed by atoms with Gasteiger partial charge in [-0.3, -0.25) is 9.59 Å². The third kappa shape index (κ3) is 6.80. The van der Waals surface area contributed by atoms with Crippen molar-refractivity contribution < 1.29 is 41.4 Å². The fourth-order valence-corrected chi connectivity index (χ4v) is 4.25. The van der Waals surface area contributed by atoms with Gasteiger partial charge >= 0.3 is 18.1 Å². The minimum Gasteiger partial charge on any atom is -0.481 e. The summed E-state index contributed by atoms with van der Waals surface area (Å²) in [5.74, 6) is -7.81. The Balaban J connectivity index is 3.09. The lowest BCUT2D eigenvalue weighted by Crippen LogP contribution is -2.51. The van der Waals surface area contributed by atoms with E-state index in [0.717, 1.165) is 0 Å². The van der Waals surface area contributed by atoms with Crippen molar-refractivity contribution in [2.75, 3.05) is 0 Å². The van der Waals surface area contributed by atoms with Crippen LogP contribution in [0.3, 0.4) is 0 Å². The number of carboxylic acid groups (broad SMARTS) is 1. The van der Waals surface area contributed by atoms with Crippen molar-refractivity contribution in [3.63, 3.8) is 0 Å². The first kappa shape index (κ1) is 23.4. The lowest BCUT2D eigenvalue weighted by Gasteiger charge is -2.42. The van der Waals surface area contributed by atoms with Gasteiger partial charge in [-0.2, -0.15) is 13.2 Å². The van der Waals surface area contributed by atoms with Gasteiger partial charge in [-0.25, -0.2) is 8.78 Å². The second kappa shape index (κ2) is 7.75. The molecule has 1 rings (SSSR count). The summed E-state index contributed by atoms with van der Waals surface area (Å²) in [6, 6.07) is 0. The molecule has 0 aliphatic heterocycles. The third-order valence-corrected chi connectivity index (χ3v) is 5.70. The van der Waals surface area contributed by atoms with Gasteiger partial charge in [-0.15, -0.1) is 0 Å². The number of alkyl halides is 6. The molecule has 2 unspecified atom stereocenters. The molecule has 4 nitrogen and oxygen atoms in total. The lowest BCUT2D eigenvalue weighted by molar-refractivity contribution is -0.169. The third-order valence-electron chi connectivity index (χ3n) is 4.07. The fraction of sp³-hybridized carbons (Fsp3) is 0.875. The summed E-state index contributed by atoms with van der Waals surface area (Å²) in [4.78, 5) is 24.2. The summed E-state index contributed by atoms with van der Waals surface area (Å²) in [6.45, 7) is 4.60. The molecule has 0 bridgehead atoms. The molecule has 26 heavy (non-hydrogen) atoms. The number of rotatable bonds is 7. The highest BCUT2D eigenvalue weighted by Gasteiger charge is 2.55. The van der Waals surface area contributed by atoms with Crippen molar-refractivity contribution >= 4 is 34.5 Å². The highest BCUT2D eigenvalue weighted by molar-refractivity contribution is 14.1. The van der Waals surface area contributed by atoms with Crippen molar-refractivity contribution in [3.05, 3.63) is 0 Å². The van der Waals surface area contributed by atoms with E-state index in [2.05, 4.69) is 0 Å². The first-order chi connectivity index (χ1) is 11.5. The second-order valence-corrected chi connectivity index (χ2v) is 9.67. The first-order valence-corrected chi connectivity index (χ1v) is 9.13. The van der Waals surface area contributed by atoms with Crippen LogP contribution < -0.4 is 0 Å². The molecular formula is C16H22F5IO4. The van der Waals surface area contributed by atoms with Crippen LogP contribution in [0.15, 0.2) is 0 Å². The maximum absolute atomic E-state index is 13.1. The molecule has 1 aliphatic carbocycles. The first-order valence-electron chi connectivity index (χ1n) is 8.05. The van der Waals surface area contributed by atoms with Crippen molar-refractivity contribution in [1.29, 1.82) is 0 Å². The number of halogens is 6. The van der Waals surface area contributed by atoms with E-state index in [9.17, 15) is 36.6 Å². The Morgan fingerprint density at radius 2 is 1.73 bits per heavy atom. The Morgan fingerprint density at radius 3 is 2.08 bits per heavy atom. The molecule has 1 aliphatic rings. The summed E-state index contributed by atoms with van der Waals surface area (Å²) in [5, 5.41) is 9.43. The summed E-state index contributed by atoms with van der Waals surface area (Å²) < 4.78 is 67.3. The largest absolute Gasteiger partial charge is 0.481 e. The Kier molecular flexibility index (Phi) is 6.96. The summed E-state index contributed by atoms with van der Waals surface area (Å²) >= 11 is 1.49. The topological polar surface area (TPSA) is 63.6 Å². The van der Waals surface area contributed by atoms with Gasteiger partial charge < -0.3 is 9.84 Å². The highest BCUT2D eigenvalue weighted by atomic mass is 127. The van der Waals surface area contributed by atoms with Crippen LogP contribution >= 0.6 is 22.6 Å². The minimum absolute atomic E-state index is 0.271. The Bertz CT molecular complexity index is 536. The van der Waals surface area contributed by atoms with E-state index in [1.165, 1.54) is 43.4 Å². The summed E-state index contributed by atoms with van der Waals surface area (Å²) in [7, 11) is 0. The molecule has 2 atom stereocenters. The number of carbonyl (C=O) groups excluding carboxylic acids is 1. The van der Waals surface area contributed by atoms with Gasteiger partial charge in [0.1, 0.15) is 9.02 Å². The normalized spacial score (nSPS) is 21.4. The highest BCUT2D eigenvalue weighted by Crippen LogP contribution is 2.50. The smallest absolute Gasteiger partial charge is 0.389 e. The van der Waals surface area contributed by atoms with Crippen molar-refractivity contribution in [1.82, 2.24) is 0 Å². The lowest BCUT2D eigenvalue weighted by atomic mass is 9.72. The van der Waals surface area contributed by atoms with Crippen molar-refractivity contribution in [2.24, 2.45) is 11.8 Å².